The number of hydrogen-bond donors (Lipinski definition) is 1. The van der Waals surface area contributed by atoms with Crippen molar-refractivity contribution in [2.24, 2.45) is 0 Å². The quantitative estimate of drug-likeness (QED) is 0.788. The predicted molar refractivity (Wildman–Crippen MR) is 70.5 cm³/mol. The molecule has 0 amide bonds. The van der Waals surface area contributed by atoms with Crippen LogP contribution in [0.4, 0.5) is 0 Å². The molecule has 112 valence electrons. The van der Waals surface area contributed by atoms with Gasteiger partial charge in [0.25, 0.3) is 0 Å². The molecule has 0 radical (unpaired) electrons. The van der Waals surface area contributed by atoms with E-state index in [0.717, 1.165) is 0 Å². The molecule has 2 saturated heterocycles. The van der Waals surface area contributed by atoms with Gasteiger partial charge in [0.2, 0.25) is 10.0 Å². The van der Waals surface area contributed by atoms with E-state index in [1.807, 2.05) is 27.7 Å². The van der Waals surface area contributed by atoms with Gasteiger partial charge in [-0.1, -0.05) is 0 Å². The molecule has 2 rings (SSSR count). The minimum Gasteiger partial charge on any atom is -0.376 e. The van der Waals surface area contributed by atoms with Crippen LogP contribution in [0.2, 0.25) is 0 Å². The molecule has 0 spiro atoms. The van der Waals surface area contributed by atoms with E-state index in [1.165, 1.54) is 0 Å². The first-order valence-corrected chi connectivity index (χ1v) is 8.17. The topological polar surface area (TPSA) is 73.9 Å². The summed E-state index contributed by atoms with van der Waals surface area (Å²) in [7, 11) is -3.48. The molecule has 6 nitrogen and oxygen atoms in total. The Bertz CT molecular complexity index is 455. The number of rotatable bonds is 5. The van der Waals surface area contributed by atoms with Gasteiger partial charge in [-0.3, -0.25) is 0 Å². The standard InChI is InChI=1S/C12H23NO5S/c1-8(2)16-6-12-7-19(14,15)13-10(5-17-12)11(12)18-9(3)4/h8-11,13H,5-7H2,1-4H3/t10-,11?,12+/m1/s1/i5T/t5-,10+,11?,12-/m0. The molecule has 1 unspecified atom stereocenters. The molecule has 2 bridgehead atoms. The number of nitrogens with one attached hydrogen (secondary N) is 1. The molecule has 0 aromatic rings. The van der Waals surface area contributed by atoms with Gasteiger partial charge >= 0.3 is 0 Å². The second-order valence-electron chi connectivity index (χ2n) is 5.69. The second-order valence-corrected chi connectivity index (χ2v) is 7.44. The minimum absolute atomic E-state index is 0.0477. The summed E-state index contributed by atoms with van der Waals surface area (Å²) >= 11 is 0. The number of ether oxygens (including phenoxy) is 3. The Balaban J connectivity index is 2.29. The molecule has 19 heavy (non-hydrogen) atoms. The van der Waals surface area contributed by atoms with Crippen molar-refractivity contribution in [3.63, 3.8) is 0 Å². The third-order valence-corrected chi connectivity index (χ3v) is 4.62. The van der Waals surface area contributed by atoms with Crippen LogP contribution in [0.15, 0.2) is 0 Å². The Morgan fingerprint density at radius 3 is 2.68 bits per heavy atom. The van der Waals surface area contributed by atoms with Crippen LogP contribution in [-0.2, 0) is 24.2 Å². The molecule has 2 aliphatic heterocycles. The summed E-state index contributed by atoms with van der Waals surface area (Å²) in [6, 6.07) is -0.688. The molecular weight excluding hydrogens is 270 g/mol. The Labute approximate surface area is 116 Å². The van der Waals surface area contributed by atoms with E-state index in [-0.39, 0.29) is 24.6 Å². The molecule has 0 aliphatic carbocycles. The van der Waals surface area contributed by atoms with Crippen molar-refractivity contribution >= 4 is 10.0 Å². The van der Waals surface area contributed by atoms with Crippen molar-refractivity contribution in [2.75, 3.05) is 18.9 Å². The summed E-state index contributed by atoms with van der Waals surface area (Å²) in [5.74, 6) is -0.240. The third-order valence-electron chi connectivity index (χ3n) is 3.12. The Hall–Kier alpha value is -0.210. The predicted octanol–water partition coefficient (Wildman–Crippen LogP) is 0.276. The molecule has 4 atom stereocenters. The van der Waals surface area contributed by atoms with Gasteiger partial charge in [-0.15, -0.1) is 0 Å². The van der Waals surface area contributed by atoms with E-state index in [1.54, 1.807) is 0 Å². The van der Waals surface area contributed by atoms with Crippen LogP contribution in [0.3, 0.4) is 0 Å². The fourth-order valence-corrected chi connectivity index (χ4v) is 4.05. The van der Waals surface area contributed by atoms with Crippen LogP contribution >= 0.6 is 0 Å². The summed E-state index contributed by atoms with van der Waals surface area (Å²) in [6.07, 6.45) is -0.641. The highest BCUT2D eigenvalue weighted by molar-refractivity contribution is 7.89. The van der Waals surface area contributed by atoms with Gasteiger partial charge in [0.1, 0.15) is 11.7 Å². The van der Waals surface area contributed by atoms with Gasteiger partial charge in [-0.25, -0.2) is 13.1 Å². The number of sulfonamides is 1. The lowest BCUT2D eigenvalue weighted by molar-refractivity contribution is -0.136. The summed E-state index contributed by atoms with van der Waals surface area (Å²) < 4.78 is 51.4. The van der Waals surface area contributed by atoms with Gasteiger partial charge in [-0.05, 0) is 27.7 Å². The van der Waals surface area contributed by atoms with Crippen molar-refractivity contribution in [1.82, 2.24) is 4.72 Å². The lowest BCUT2D eigenvalue weighted by Gasteiger charge is -2.39. The fourth-order valence-electron chi connectivity index (χ4n) is 2.42. The Kier molecular flexibility index (Phi) is 3.83. The molecular formula is C12H23NO5S. The normalized spacial score (nSPS) is 41.8. The van der Waals surface area contributed by atoms with E-state index in [9.17, 15) is 8.42 Å². The molecule has 7 heteroatoms. The van der Waals surface area contributed by atoms with Crippen molar-refractivity contribution < 1.29 is 24.0 Å². The van der Waals surface area contributed by atoms with Crippen LogP contribution < -0.4 is 4.72 Å². The SMILES string of the molecule is [3H][C@@H]1O[C@@]2(COC(C)C)CS(=O)(=O)N[C@H]1C2OC(C)C. The third kappa shape index (κ3) is 3.28. The molecule has 0 aromatic heterocycles. The van der Waals surface area contributed by atoms with E-state index >= 15 is 0 Å². The maximum Gasteiger partial charge on any atom is 0.215 e. The molecule has 0 saturated carbocycles. The first kappa shape index (κ1) is 13.8. The molecule has 2 heterocycles. The monoisotopic (exact) mass is 295 g/mol. The maximum absolute atomic E-state index is 12.0. The van der Waals surface area contributed by atoms with E-state index < -0.39 is 34.4 Å². The summed E-state index contributed by atoms with van der Waals surface area (Å²) in [5.41, 5.74) is -1.10. The Morgan fingerprint density at radius 2 is 2.11 bits per heavy atom. The Morgan fingerprint density at radius 1 is 1.42 bits per heavy atom. The average molecular weight is 295 g/mol. The highest BCUT2D eigenvalue weighted by Gasteiger charge is 2.58. The van der Waals surface area contributed by atoms with Crippen molar-refractivity contribution in [3.05, 3.63) is 0 Å². The first-order valence-electron chi connectivity index (χ1n) is 7.10. The van der Waals surface area contributed by atoms with Crippen molar-refractivity contribution in [1.29, 1.82) is 0 Å². The zero-order valence-electron chi connectivity index (χ0n) is 12.8. The molecule has 0 aromatic carbocycles. The fraction of sp³-hybridized carbons (Fsp3) is 1.00. The first-order chi connectivity index (χ1) is 9.15. The lowest BCUT2D eigenvalue weighted by atomic mass is 9.96. The van der Waals surface area contributed by atoms with Crippen molar-refractivity contribution in [3.8, 4) is 0 Å². The van der Waals surface area contributed by atoms with Crippen molar-refractivity contribution in [2.45, 2.75) is 57.6 Å². The van der Waals surface area contributed by atoms with Crippen LogP contribution in [0.25, 0.3) is 0 Å². The van der Waals surface area contributed by atoms with Gasteiger partial charge in [0.05, 0.1) is 38.6 Å². The minimum atomic E-state index is -3.48. The van der Waals surface area contributed by atoms with Crippen LogP contribution in [0.1, 0.15) is 29.1 Å². The lowest BCUT2D eigenvalue weighted by Crippen LogP contribution is -2.63. The summed E-state index contributed by atoms with van der Waals surface area (Å²) in [4.78, 5) is 0. The highest BCUT2D eigenvalue weighted by atomic mass is 32.2. The number of hydrogen-bond acceptors (Lipinski definition) is 5. The average Bonchev–Trinajstić information content (AvgIpc) is 2.44. The van der Waals surface area contributed by atoms with Gasteiger partial charge in [-0.2, -0.15) is 0 Å². The summed E-state index contributed by atoms with van der Waals surface area (Å²) in [6.45, 7) is 6.61. The van der Waals surface area contributed by atoms with Gasteiger partial charge in [0.15, 0.2) is 0 Å². The second kappa shape index (κ2) is 5.29. The maximum atomic E-state index is 12.0. The largest absolute Gasteiger partial charge is 0.376 e. The van der Waals surface area contributed by atoms with Gasteiger partial charge < -0.3 is 14.2 Å². The summed E-state index contributed by atoms with van der Waals surface area (Å²) in [5, 5.41) is 0. The van der Waals surface area contributed by atoms with Crippen LogP contribution in [0.5, 0.6) is 0 Å². The van der Waals surface area contributed by atoms with E-state index in [4.69, 9.17) is 15.6 Å². The molecule has 2 fully saturated rings. The number of fused-ring (bicyclic) bond motifs is 2. The van der Waals surface area contributed by atoms with Crippen LogP contribution in [0, 0.1) is 0 Å². The smallest absolute Gasteiger partial charge is 0.215 e. The van der Waals surface area contributed by atoms with E-state index in [0.29, 0.717) is 0 Å². The zero-order valence-corrected chi connectivity index (χ0v) is 12.6. The molecule has 2 aliphatic rings. The highest BCUT2D eigenvalue weighted by Crippen LogP contribution is 2.36. The van der Waals surface area contributed by atoms with Gasteiger partial charge in [0, 0.05) is 0 Å². The van der Waals surface area contributed by atoms with E-state index in [2.05, 4.69) is 4.72 Å². The zero-order chi connectivity index (χ0) is 15.1. The molecule has 1 N–H and O–H groups in total. The van der Waals surface area contributed by atoms with Crippen LogP contribution in [-0.4, -0.2) is 57.3 Å².